The fourth-order valence-electron chi connectivity index (χ4n) is 3.37. The van der Waals surface area contributed by atoms with Gasteiger partial charge in [-0.2, -0.15) is 0 Å². The van der Waals surface area contributed by atoms with Crippen molar-refractivity contribution in [3.05, 3.63) is 47.5 Å². The first-order valence-electron chi connectivity index (χ1n) is 10.0. The topological polar surface area (TPSA) is 56.2 Å². The molecule has 5 heteroatoms. The molecule has 4 nitrogen and oxygen atoms in total. The second kappa shape index (κ2) is 8.26. The lowest BCUT2D eigenvalue weighted by Gasteiger charge is -2.17. The van der Waals surface area contributed by atoms with E-state index < -0.39 is 0 Å². The zero-order chi connectivity index (χ0) is 20.4. The fourth-order valence-corrected chi connectivity index (χ4v) is 4.44. The first-order valence-corrected chi connectivity index (χ1v) is 10.9. The van der Waals surface area contributed by atoms with E-state index in [2.05, 4.69) is 53.6 Å². The SMILES string of the molecule is CNC(=N)N(C)C(=O)CCCc1ccc2sc3ccc(C#CC4CC4)cc3c2c1. The molecule has 1 saturated carbocycles. The standard InChI is InChI=1S/C24H25N3OS/c1-26-24(25)27(2)23(28)5-3-4-17-10-12-21-19(14-17)20-15-18(9-8-16-6-7-16)11-13-22(20)29-21/h10-16H,3-7H2,1-2H3,(H2,25,26). The van der Waals surface area contributed by atoms with Crippen LogP contribution in [0.25, 0.3) is 20.2 Å². The summed E-state index contributed by atoms with van der Waals surface area (Å²) in [5, 5.41) is 12.9. The van der Waals surface area contributed by atoms with E-state index in [0.29, 0.717) is 12.3 Å². The molecule has 29 heavy (non-hydrogen) atoms. The Labute approximate surface area is 175 Å². The second-order valence-electron chi connectivity index (χ2n) is 7.59. The van der Waals surface area contributed by atoms with E-state index in [9.17, 15) is 4.79 Å². The van der Waals surface area contributed by atoms with Crippen LogP contribution in [0, 0.1) is 23.2 Å². The molecule has 0 unspecified atom stereocenters. The summed E-state index contributed by atoms with van der Waals surface area (Å²) in [5.41, 5.74) is 2.33. The van der Waals surface area contributed by atoms with E-state index in [4.69, 9.17) is 5.41 Å². The van der Waals surface area contributed by atoms with Crippen LogP contribution >= 0.6 is 11.3 Å². The van der Waals surface area contributed by atoms with Crippen LogP contribution in [0.1, 0.15) is 36.8 Å². The van der Waals surface area contributed by atoms with Crippen LogP contribution in [0.3, 0.4) is 0 Å². The van der Waals surface area contributed by atoms with Crippen LogP contribution in [0.2, 0.25) is 0 Å². The number of hydrogen-bond donors (Lipinski definition) is 2. The van der Waals surface area contributed by atoms with E-state index in [1.165, 1.54) is 43.5 Å². The molecule has 0 atom stereocenters. The van der Waals surface area contributed by atoms with Gasteiger partial charge in [0.15, 0.2) is 5.96 Å². The molecule has 4 rings (SSSR count). The van der Waals surface area contributed by atoms with Gasteiger partial charge in [-0.15, -0.1) is 11.3 Å². The van der Waals surface area contributed by atoms with Gasteiger partial charge in [0.2, 0.25) is 5.91 Å². The van der Waals surface area contributed by atoms with Crippen molar-refractivity contribution in [3.63, 3.8) is 0 Å². The van der Waals surface area contributed by atoms with Gasteiger partial charge in [0.1, 0.15) is 0 Å². The van der Waals surface area contributed by atoms with Gasteiger partial charge in [-0.25, -0.2) is 0 Å². The number of guanidine groups is 1. The molecule has 1 aromatic heterocycles. The predicted octanol–water partition coefficient (Wildman–Crippen LogP) is 4.75. The molecule has 1 aliphatic carbocycles. The average molecular weight is 404 g/mol. The van der Waals surface area contributed by atoms with Gasteiger partial charge in [0.25, 0.3) is 0 Å². The molecule has 2 aromatic carbocycles. The molecule has 1 amide bonds. The van der Waals surface area contributed by atoms with E-state index in [1.807, 2.05) is 11.3 Å². The van der Waals surface area contributed by atoms with Gasteiger partial charge < -0.3 is 5.32 Å². The number of rotatable bonds is 4. The summed E-state index contributed by atoms with van der Waals surface area (Å²) < 4.78 is 2.57. The van der Waals surface area contributed by atoms with Crippen LogP contribution in [0.5, 0.6) is 0 Å². The number of carbonyl (C=O) groups excluding carboxylic acids is 1. The maximum atomic E-state index is 12.2. The van der Waals surface area contributed by atoms with E-state index >= 15 is 0 Å². The lowest BCUT2D eigenvalue weighted by atomic mass is 10.0. The molecule has 1 heterocycles. The summed E-state index contributed by atoms with van der Waals surface area (Å²) in [5.74, 6) is 7.37. The summed E-state index contributed by atoms with van der Waals surface area (Å²) >= 11 is 1.81. The average Bonchev–Trinajstić information content (AvgIpc) is 3.50. The summed E-state index contributed by atoms with van der Waals surface area (Å²) in [7, 11) is 3.28. The minimum Gasteiger partial charge on any atom is -0.359 e. The Morgan fingerprint density at radius 3 is 2.66 bits per heavy atom. The number of aryl methyl sites for hydroxylation is 1. The Hall–Kier alpha value is -2.84. The monoisotopic (exact) mass is 403 g/mol. The van der Waals surface area contributed by atoms with Crippen molar-refractivity contribution in [1.82, 2.24) is 10.2 Å². The molecule has 0 bridgehead atoms. The first-order chi connectivity index (χ1) is 14.0. The van der Waals surface area contributed by atoms with E-state index in [0.717, 1.165) is 18.4 Å². The Morgan fingerprint density at radius 2 is 1.93 bits per heavy atom. The normalized spacial score (nSPS) is 13.2. The lowest BCUT2D eigenvalue weighted by molar-refractivity contribution is -0.126. The highest BCUT2D eigenvalue weighted by Crippen LogP contribution is 2.35. The molecule has 1 aliphatic rings. The molecule has 2 N–H and O–H groups in total. The Balaban J connectivity index is 1.50. The van der Waals surface area contributed by atoms with Gasteiger partial charge >= 0.3 is 0 Å². The van der Waals surface area contributed by atoms with Crippen LogP contribution in [0.15, 0.2) is 36.4 Å². The number of nitrogens with zero attached hydrogens (tertiary/aromatic N) is 1. The minimum absolute atomic E-state index is 0.0368. The summed E-state index contributed by atoms with van der Waals surface area (Å²) in [6, 6.07) is 13.1. The summed E-state index contributed by atoms with van der Waals surface area (Å²) in [6.45, 7) is 0. The van der Waals surface area contributed by atoms with Crippen molar-refractivity contribution >= 4 is 43.4 Å². The van der Waals surface area contributed by atoms with Crippen LogP contribution in [-0.2, 0) is 11.2 Å². The van der Waals surface area contributed by atoms with Gasteiger partial charge in [0.05, 0.1) is 0 Å². The summed E-state index contributed by atoms with van der Waals surface area (Å²) in [6.07, 6.45) is 4.54. The highest BCUT2D eigenvalue weighted by Gasteiger charge is 2.17. The molecular weight excluding hydrogens is 378 g/mol. The number of benzene rings is 2. The predicted molar refractivity (Wildman–Crippen MR) is 121 cm³/mol. The van der Waals surface area contributed by atoms with Crippen molar-refractivity contribution < 1.29 is 4.79 Å². The summed E-state index contributed by atoms with van der Waals surface area (Å²) in [4.78, 5) is 13.5. The van der Waals surface area contributed by atoms with Gasteiger partial charge in [-0.3, -0.25) is 15.1 Å². The molecular formula is C24H25N3OS. The Morgan fingerprint density at radius 1 is 1.21 bits per heavy atom. The lowest BCUT2D eigenvalue weighted by Crippen LogP contribution is -2.39. The smallest absolute Gasteiger partial charge is 0.229 e. The Bertz CT molecular complexity index is 1150. The third-order valence-corrected chi connectivity index (χ3v) is 6.49. The number of fused-ring (bicyclic) bond motifs is 3. The van der Waals surface area contributed by atoms with Crippen molar-refractivity contribution in [3.8, 4) is 11.8 Å². The van der Waals surface area contributed by atoms with Gasteiger partial charge in [0, 0.05) is 52.2 Å². The molecule has 0 radical (unpaired) electrons. The van der Waals surface area contributed by atoms with Crippen molar-refractivity contribution in [2.75, 3.05) is 14.1 Å². The highest BCUT2D eigenvalue weighted by atomic mass is 32.1. The van der Waals surface area contributed by atoms with Gasteiger partial charge in [-0.1, -0.05) is 17.9 Å². The second-order valence-corrected chi connectivity index (χ2v) is 8.68. The third-order valence-electron chi connectivity index (χ3n) is 5.33. The fraction of sp³-hybridized carbons (Fsp3) is 0.333. The molecule has 1 fully saturated rings. The maximum absolute atomic E-state index is 12.2. The van der Waals surface area contributed by atoms with Crippen molar-refractivity contribution in [2.24, 2.45) is 5.92 Å². The number of nitrogens with one attached hydrogen (secondary N) is 2. The van der Waals surface area contributed by atoms with Gasteiger partial charge in [-0.05, 0) is 61.6 Å². The van der Waals surface area contributed by atoms with Crippen LogP contribution in [0.4, 0.5) is 0 Å². The third kappa shape index (κ3) is 4.44. The highest BCUT2D eigenvalue weighted by molar-refractivity contribution is 7.25. The number of hydrogen-bond acceptors (Lipinski definition) is 3. The Kier molecular flexibility index (Phi) is 5.55. The first kappa shape index (κ1) is 19.5. The van der Waals surface area contributed by atoms with Crippen LogP contribution < -0.4 is 5.32 Å². The minimum atomic E-state index is -0.0368. The molecule has 0 spiro atoms. The quantitative estimate of drug-likeness (QED) is 0.375. The van der Waals surface area contributed by atoms with Crippen molar-refractivity contribution in [1.29, 1.82) is 5.41 Å². The molecule has 0 aliphatic heterocycles. The number of thiophene rings is 1. The zero-order valence-corrected chi connectivity index (χ0v) is 17.7. The van der Waals surface area contributed by atoms with E-state index in [1.54, 1.807) is 14.1 Å². The maximum Gasteiger partial charge on any atom is 0.229 e. The number of carbonyl (C=O) groups is 1. The zero-order valence-electron chi connectivity index (χ0n) is 16.8. The number of amides is 1. The molecule has 0 saturated heterocycles. The largest absolute Gasteiger partial charge is 0.359 e. The van der Waals surface area contributed by atoms with E-state index in [-0.39, 0.29) is 11.9 Å². The van der Waals surface area contributed by atoms with Crippen LogP contribution in [-0.4, -0.2) is 30.9 Å². The molecule has 3 aromatic rings. The van der Waals surface area contributed by atoms with Crippen molar-refractivity contribution in [2.45, 2.75) is 32.1 Å². The molecule has 148 valence electrons.